The predicted octanol–water partition coefficient (Wildman–Crippen LogP) is 1.52. The first-order valence-electron chi connectivity index (χ1n) is 6.19. The van der Waals surface area contributed by atoms with E-state index in [1.165, 1.54) is 0 Å². The Labute approximate surface area is 116 Å². The van der Waals surface area contributed by atoms with Crippen molar-refractivity contribution in [2.24, 2.45) is 0 Å². The van der Waals surface area contributed by atoms with E-state index in [0.717, 1.165) is 12.8 Å². The molecule has 0 aliphatic carbocycles. The van der Waals surface area contributed by atoms with Crippen molar-refractivity contribution in [2.45, 2.75) is 44.0 Å². The van der Waals surface area contributed by atoms with E-state index >= 15 is 0 Å². The number of carbonyl (C=O) groups excluding carboxylic acids is 1. The fourth-order valence-corrected chi connectivity index (χ4v) is 3.73. The molecular weight excluding hydrogens is 290 g/mol. The quantitative estimate of drug-likeness (QED) is 0.858. The SMILES string of the molecule is CCc1[nH]nc(C(=O)N2CCCC2C)c1S(=O)(=O)Cl. The summed E-state index contributed by atoms with van der Waals surface area (Å²) >= 11 is 0. The molecule has 1 unspecified atom stereocenters. The number of halogens is 1. The highest BCUT2D eigenvalue weighted by atomic mass is 35.7. The van der Waals surface area contributed by atoms with Gasteiger partial charge in [0, 0.05) is 23.3 Å². The van der Waals surface area contributed by atoms with Crippen molar-refractivity contribution in [1.29, 1.82) is 0 Å². The van der Waals surface area contributed by atoms with E-state index < -0.39 is 9.05 Å². The molecule has 1 atom stereocenters. The lowest BCUT2D eigenvalue weighted by Crippen LogP contribution is -2.34. The molecule has 1 aliphatic rings. The Hall–Kier alpha value is -1.08. The summed E-state index contributed by atoms with van der Waals surface area (Å²) in [5.41, 5.74) is 0.269. The van der Waals surface area contributed by atoms with Crippen LogP contribution < -0.4 is 0 Å². The summed E-state index contributed by atoms with van der Waals surface area (Å²) in [5.74, 6) is -0.375. The van der Waals surface area contributed by atoms with Crippen molar-refractivity contribution in [3.8, 4) is 0 Å². The van der Waals surface area contributed by atoms with E-state index in [2.05, 4.69) is 10.2 Å². The van der Waals surface area contributed by atoms with E-state index in [0.29, 0.717) is 18.7 Å². The highest BCUT2D eigenvalue weighted by Gasteiger charge is 2.33. The lowest BCUT2D eigenvalue weighted by Gasteiger charge is -2.20. The number of aromatic nitrogens is 2. The van der Waals surface area contributed by atoms with Crippen LogP contribution in [0, 0.1) is 0 Å². The predicted molar refractivity (Wildman–Crippen MR) is 70.7 cm³/mol. The van der Waals surface area contributed by atoms with Gasteiger partial charge in [-0.15, -0.1) is 0 Å². The Balaban J connectivity index is 2.46. The van der Waals surface area contributed by atoms with Crippen LogP contribution in [0.15, 0.2) is 4.90 Å². The number of H-pyrrole nitrogens is 1. The van der Waals surface area contributed by atoms with Crippen molar-refractivity contribution < 1.29 is 13.2 Å². The summed E-state index contributed by atoms with van der Waals surface area (Å²) in [6.07, 6.45) is 2.25. The third-order valence-corrected chi connectivity index (χ3v) is 4.80. The van der Waals surface area contributed by atoms with Crippen LogP contribution in [0.1, 0.15) is 42.9 Å². The van der Waals surface area contributed by atoms with Crippen molar-refractivity contribution in [3.05, 3.63) is 11.4 Å². The molecule has 0 aromatic carbocycles. The topological polar surface area (TPSA) is 83.1 Å². The van der Waals surface area contributed by atoms with E-state index in [1.807, 2.05) is 6.92 Å². The number of hydrogen-bond acceptors (Lipinski definition) is 4. The van der Waals surface area contributed by atoms with Crippen LogP contribution in [0.3, 0.4) is 0 Å². The first-order chi connectivity index (χ1) is 8.86. The Morgan fingerprint density at radius 3 is 2.74 bits per heavy atom. The van der Waals surface area contributed by atoms with Gasteiger partial charge in [0.25, 0.3) is 15.0 Å². The molecule has 1 fully saturated rings. The van der Waals surface area contributed by atoms with Crippen LogP contribution in [0.5, 0.6) is 0 Å². The highest BCUT2D eigenvalue weighted by molar-refractivity contribution is 8.13. The van der Waals surface area contributed by atoms with E-state index in [4.69, 9.17) is 10.7 Å². The fourth-order valence-electron chi connectivity index (χ4n) is 2.39. The third-order valence-electron chi connectivity index (χ3n) is 3.41. The number of hydrogen-bond donors (Lipinski definition) is 1. The van der Waals surface area contributed by atoms with Gasteiger partial charge in [-0.3, -0.25) is 9.89 Å². The first kappa shape index (κ1) is 14.3. The average molecular weight is 306 g/mol. The zero-order valence-corrected chi connectivity index (χ0v) is 12.4. The summed E-state index contributed by atoms with van der Waals surface area (Å²) in [7, 11) is 1.42. The van der Waals surface area contributed by atoms with Gasteiger partial charge < -0.3 is 4.90 Å². The third kappa shape index (κ3) is 2.62. The summed E-state index contributed by atoms with van der Waals surface area (Å²) in [6, 6.07) is 0.0974. The molecule has 0 radical (unpaired) electrons. The minimum atomic E-state index is -3.99. The van der Waals surface area contributed by atoms with E-state index in [1.54, 1.807) is 11.8 Å². The Bertz CT molecular complexity index is 596. The average Bonchev–Trinajstić information content (AvgIpc) is 2.92. The lowest BCUT2D eigenvalue weighted by atomic mass is 10.2. The normalized spacial score (nSPS) is 19.9. The molecule has 1 aromatic heterocycles. The molecule has 1 N–H and O–H groups in total. The molecule has 0 spiro atoms. The maximum atomic E-state index is 12.4. The maximum Gasteiger partial charge on any atom is 0.276 e. The Morgan fingerprint density at radius 2 is 2.26 bits per heavy atom. The van der Waals surface area contributed by atoms with E-state index in [9.17, 15) is 13.2 Å². The molecule has 106 valence electrons. The molecule has 1 aliphatic heterocycles. The molecular formula is C11H16ClN3O3S. The van der Waals surface area contributed by atoms with Gasteiger partial charge in [0.05, 0.1) is 5.69 Å². The minimum absolute atomic E-state index is 0.0967. The van der Waals surface area contributed by atoms with Gasteiger partial charge in [-0.2, -0.15) is 5.10 Å². The molecule has 6 nitrogen and oxygen atoms in total. The molecule has 19 heavy (non-hydrogen) atoms. The van der Waals surface area contributed by atoms with Gasteiger partial charge in [0.1, 0.15) is 4.90 Å². The van der Waals surface area contributed by atoms with Gasteiger partial charge in [-0.25, -0.2) is 8.42 Å². The summed E-state index contributed by atoms with van der Waals surface area (Å²) in [6.45, 7) is 4.33. The van der Waals surface area contributed by atoms with Crippen molar-refractivity contribution in [3.63, 3.8) is 0 Å². The second kappa shape index (κ2) is 5.13. The second-order valence-electron chi connectivity index (χ2n) is 4.66. The van der Waals surface area contributed by atoms with Crippen LogP contribution in [0.25, 0.3) is 0 Å². The number of nitrogens with one attached hydrogen (secondary N) is 1. The van der Waals surface area contributed by atoms with Crippen molar-refractivity contribution in [2.75, 3.05) is 6.54 Å². The molecule has 1 aromatic rings. The number of nitrogens with zero attached hydrogens (tertiary/aromatic N) is 2. The number of aromatic amines is 1. The maximum absolute atomic E-state index is 12.4. The van der Waals surface area contributed by atoms with Crippen molar-refractivity contribution >= 4 is 25.6 Å². The van der Waals surface area contributed by atoms with Crippen molar-refractivity contribution in [1.82, 2.24) is 15.1 Å². The largest absolute Gasteiger partial charge is 0.335 e. The van der Waals surface area contributed by atoms with Gasteiger partial charge >= 0.3 is 0 Å². The summed E-state index contributed by atoms with van der Waals surface area (Å²) in [5, 5.41) is 6.44. The van der Waals surface area contributed by atoms with Crippen LogP contribution in [-0.4, -0.2) is 42.0 Å². The fraction of sp³-hybridized carbons (Fsp3) is 0.636. The molecule has 0 saturated carbocycles. The number of amides is 1. The van der Waals surface area contributed by atoms with Gasteiger partial charge in [0.2, 0.25) is 0 Å². The molecule has 8 heteroatoms. The number of aryl methyl sites for hydroxylation is 1. The highest BCUT2D eigenvalue weighted by Crippen LogP contribution is 2.26. The van der Waals surface area contributed by atoms with Gasteiger partial charge in [-0.1, -0.05) is 6.92 Å². The second-order valence-corrected chi connectivity index (χ2v) is 7.16. The standard InChI is InChI=1S/C11H16ClN3O3S/c1-3-8-10(19(12,17)18)9(14-13-8)11(16)15-6-4-5-7(15)2/h7H,3-6H2,1-2H3,(H,13,14). The molecule has 2 heterocycles. The smallest absolute Gasteiger partial charge is 0.276 e. The number of likely N-dealkylation sites (tertiary alicyclic amines) is 1. The number of rotatable bonds is 3. The Kier molecular flexibility index (Phi) is 3.87. The Morgan fingerprint density at radius 1 is 1.58 bits per heavy atom. The van der Waals surface area contributed by atoms with Crippen LogP contribution >= 0.6 is 10.7 Å². The summed E-state index contributed by atoms with van der Waals surface area (Å²) < 4.78 is 23.3. The monoisotopic (exact) mass is 305 g/mol. The zero-order chi connectivity index (χ0) is 14.2. The zero-order valence-electron chi connectivity index (χ0n) is 10.8. The molecule has 2 rings (SSSR count). The molecule has 1 amide bonds. The van der Waals surface area contributed by atoms with Crippen LogP contribution in [0.2, 0.25) is 0 Å². The van der Waals surface area contributed by atoms with Crippen LogP contribution in [0.4, 0.5) is 0 Å². The minimum Gasteiger partial charge on any atom is -0.335 e. The summed E-state index contributed by atoms with van der Waals surface area (Å²) in [4.78, 5) is 13.8. The van der Waals surface area contributed by atoms with E-state index in [-0.39, 0.29) is 22.5 Å². The number of carbonyl (C=O) groups is 1. The molecule has 0 bridgehead atoms. The van der Waals surface area contributed by atoms with Gasteiger partial charge in [0.15, 0.2) is 5.69 Å². The lowest BCUT2D eigenvalue weighted by molar-refractivity contribution is 0.0737. The molecule has 1 saturated heterocycles. The first-order valence-corrected chi connectivity index (χ1v) is 8.50. The van der Waals surface area contributed by atoms with Gasteiger partial charge in [-0.05, 0) is 26.2 Å². The van der Waals surface area contributed by atoms with Crippen LogP contribution in [-0.2, 0) is 15.5 Å².